The molecule has 0 radical (unpaired) electrons. The lowest BCUT2D eigenvalue weighted by atomic mass is 10.00. The van der Waals surface area contributed by atoms with Gasteiger partial charge in [-0.2, -0.15) is 22.5 Å². The van der Waals surface area contributed by atoms with E-state index >= 15 is 0 Å². The average Bonchev–Trinajstić information content (AvgIpc) is 3.26. The Morgan fingerprint density at radius 1 is 1.31 bits per heavy atom. The minimum Gasteiger partial charge on any atom is -0.454 e. The molecule has 3 heterocycles. The maximum absolute atomic E-state index is 12.8. The van der Waals surface area contributed by atoms with Crippen molar-refractivity contribution in [1.82, 2.24) is 24.1 Å². The van der Waals surface area contributed by atoms with Gasteiger partial charge in [-0.3, -0.25) is 9.48 Å². The van der Waals surface area contributed by atoms with E-state index < -0.39 is 22.3 Å². The summed E-state index contributed by atoms with van der Waals surface area (Å²) in [6, 6.07) is 4.06. The van der Waals surface area contributed by atoms with Gasteiger partial charge in [0.15, 0.2) is 11.5 Å². The monoisotopic (exact) mass is 421 g/mol. The summed E-state index contributed by atoms with van der Waals surface area (Å²) < 4.78 is 41.1. The van der Waals surface area contributed by atoms with Crippen LogP contribution in [0.25, 0.3) is 0 Å². The predicted molar refractivity (Wildman–Crippen MR) is 103 cm³/mol. The zero-order chi connectivity index (χ0) is 20.8. The number of benzene rings is 1. The first-order valence-corrected chi connectivity index (χ1v) is 10.6. The fourth-order valence-corrected chi connectivity index (χ4v) is 4.90. The normalized spacial score (nSPS) is 23.1. The molecule has 2 N–H and O–H groups in total. The Morgan fingerprint density at radius 3 is 2.79 bits per heavy atom. The van der Waals surface area contributed by atoms with Gasteiger partial charge in [0.2, 0.25) is 12.7 Å². The number of hydrogen-bond acceptors (Lipinski definition) is 6. The number of amides is 1. The quantitative estimate of drug-likeness (QED) is 0.736. The van der Waals surface area contributed by atoms with E-state index in [1.165, 1.54) is 7.05 Å². The van der Waals surface area contributed by atoms with Gasteiger partial charge >= 0.3 is 0 Å². The Balaban J connectivity index is 1.49. The van der Waals surface area contributed by atoms with Crippen LogP contribution < -0.4 is 19.5 Å². The molecule has 0 saturated carbocycles. The van der Waals surface area contributed by atoms with E-state index in [-0.39, 0.29) is 19.2 Å². The Morgan fingerprint density at radius 2 is 2.07 bits per heavy atom. The molecular weight excluding hydrogens is 398 g/mol. The van der Waals surface area contributed by atoms with E-state index in [0.29, 0.717) is 17.9 Å². The SMILES string of the molecule is Cc1nn(C)cc1[C@@H]1C[C@@H](C(=O)NCc2ccc3c(c2)OCO3)N(C)S(=O)(=O)N1. The number of ether oxygens (including phenoxy) is 2. The number of fused-ring (bicyclic) bond motifs is 1. The number of likely N-dealkylation sites (N-methyl/N-ethyl adjacent to an activating group) is 1. The van der Waals surface area contributed by atoms with Gasteiger partial charge in [0.05, 0.1) is 11.7 Å². The summed E-state index contributed by atoms with van der Waals surface area (Å²) in [6.45, 7) is 2.25. The smallest absolute Gasteiger partial charge is 0.280 e. The number of nitrogens with one attached hydrogen (secondary N) is 2. The van der Waals surface area contributed by atoms with E-state index in [2.05, 4.69) is 15.1 Å². The molecule has 1 saturated heterocycles. The third-order valence-electron chi connectivity index (χ3n) is 5.20. The molecule has 2 atom stereocenters. The van der Waals surface area contributed by atoms with Gasteiger partial charge < -0.3 is 14.8 Å². The number of rotatable bonds is 4. The molecule has 1 fully saturated rings. The maximum atomic E-state index is 12.8. The molecule has 11 heteroatoms. The van der Waals surface area contributed by atoms with Crippen molar-refractivity contribution in [1.29, 1.82) is 0 Å². The van der Waals surface area contributed by atoms with Gasteiger partial charge in [0.25, 0.3) is 10.2 Å². The van der Waals surface area contributed by atoms with Crippen molar-refractivity contribution in [2.75, 3.05) is 13.8 Å². The largest absolute Gasteiger partial charge is 0.454 e. The third kappa shape index (κ3) is 3.80. The molecule has 0 unspecified atom stereocenters. The molecule has 1 aromatic carbocycles. The average molecular weight is 421 g/mol. The Labute approximate surface area is 169 Å². The van der Waals surface area contributed by atoms with E-state index in [4.69, 9.17) is 9.47 Å². The lowest BCUT2D eigenvalue weighted by molar-refractivity contribution is -0.125. The molecule has 10 nitrogen and oxygen atoms in total. The number of aromatic nitrogens is 2. The van der Waals surface area contributed by atoms with Crippen LogP contribution in [-0.4, -0.2) is 48.3 Å². The summed E-state index contributed by atoms with van der Waals surface area (Å²) in [4.78, 5) is 12.8. The summed E-state index contributed by atoms with van der Waals surface area (Å²) >= 11 is 0. The minimum absolute atomic E-state index is 0.179. The zero-order valence-corrected chi connectivity index (χ0v) is 17.2. The molecule has 2 aromatic rings. The summed E-state index contributed by atoms with van der Waals surface area (Å²) in [6.07, 6.45) is 2.07. The van der Waals surface area contributed by atoms with Crippen molar-refractivity contribution in [2.24, 2.45) is 7.05 Å². The topological polar surface area (TPSA) is 115 Å². The van der Waals surface area contributed by atoms with Gasteiger partial charge in [-0.25, -0.2) is 0 Å². The zero-order valence-electron chi connectivity index (χ0n) is 16.4. The van der Waals surface area contributed by atoms with Gasteiger partial charge in [-0.1, -0.05) is 6.07 Å². The predicted octanol–water partition coefficient (Wildman–Crippen LogP) is 0.353. The molecule has 0 aliphatic carbocycles. The molecule has 2 aliphatic heterocycles. The maximum Gasteiger partial charge on any atom is 0.280 e. The van der Waals surface area contributed by atoms with Crippen LogP contribution in [0.2, 0.25) is 0 Å². The second-order valence-corrected chi connectivity index (χ2v) is 8.95. The van der Waals surface area contributed by atoms with Gasteiger partial charge in [-0.15, -0.1) is 0 Å². The fourth-order valence-electron chi connectivity index (χ4n) is 3.63. The fraction of sp³-hybridized carbons (Fsp3) is 0.444. The Bertz CT molecular complexity index is 1050. The summed E-state index contributed by atoms with van der Waals surface area (Å²) in [5.41, 5.74) is 2.32. The summed E-state index contributed by atoms with van der Waals surface area (Å²) in [5.74, 6) is 0.936. The van der Waals surface area contributed by atoms with Crippen LogP contribution in [0.1, 0.15) is 29.3 Å². The van der Waals surface area contributed by atoms with E-state index in [9.17, 15) is 13.2 Å². The first-order valence-electron chi connectivity index (χ1n) is 9.16. The molecule has 2 aliphatic rings. The second kappa shape index (κ2) is 7.32. The molecule has 0 spiro atoms. The number of nitrogens with zero attached hydrogens (tertiary/aromatic N) is 3. The van der Waals surface area contributed by atoms with Crippen LogP contribution in [0.5, 0.6) is 11.5 Å². The molecule has 0 bridgehead atoms. The van der Waals surface area contributed by atoms with E-state index in [1.54, 1.807) is 30.1 Å². The molecular formula is C18H23N5O5S. The molecule has 4 rings (SSSR count). The second-order valence-electron chi connectivity index (χ2n) is 7.19. The number of carbonyl (C=O) groups excluding carboxylic acids is 1. The standard InChI is InChI=1S/C18H23N5O5S/c1-11-13(9-22(2)20-11)14-7-15(23(3)29(25,26)21-14)18(24)19-8-12-4-5-16-17(6-12)28-10-27-16/h4-6,9,14-15,21H,7-8,10H2,1-3H3,(H,19,24)/t14-,15-/m0/s1. The molecule has 29 heavy (non-hydrogen) atoms. The van der Waals surface area contributed by atoms with Crippen LogP contribution >= 0.6 is 0 Å². The van der Waals surface area contributed by atoms with Crippen molar-refractivity contribution in [3.8, 4) is 11.5 Å². The van der Waals surface area contributed by atoms with Crippen molar-refractivity contribution in [3.05, 3.63) is 41.2 Å². The number of hydrogen-bond donors (Lipinski definition) is 2. The number of carbonyl (C=O) groups is 1. The van der Waals surface area contributed by atoms with Crippen molar-refractivity contribution < 1.29 is 22.7 Å². The van der Waals surface area contributed by atoms with E-state index in [1.807, 2.05) is 13.0 Å². The van der Waals surface area contributed by atoms with Gasteiger partial charge in [0, 0.05) is 32.4 Å². The first kappa shape index (κ1) is 19.7. The van der Waals surface area contributed by atoms with Crippen molar-refractivity contribution >= 4 is 16.1 Å². The highest BCUT2D eigenvalue weighted by molar-refractivity contribution is 7.87. The first-order chi connectivity index (χ1) is 13.7. The van der Waals surface area contributed by atoms with Crippen molar-refractivity contribution in [2.45, 2.75) is 32.0 Å². The highest BCUT2D eigenvalue weighted by Crippen LogP contribution is 2.33. The Kier molecular flexibility index (Phi) is 4.97. The van der Waals surface area contributed by atoms with Crippen LogP contribution in [0.3, 0.4) is 0 Å². The number of aryl methyl sites for hydroxylation is 2. The summed E-state index contributed by atoms with van der Waals surface area (Å²) in [7, 11) is -0.627. The highest BCUT2D eigenvalue weighted by atomic mass is 32.2. The van der Waals surface area contributed by atoms with E-state index in [0.717, 1.165) is 21.1 Å². The Hall–Kier alpha value is -2.63. The van der Waals surface area contributed by atoms with Crippen LogP contribution in [0, 0.1) is 6.92 Å². The molecule has 1 amide bonds. The highest BCUT2D eigenvalue weighted by Gasteiger charge is 2.41. The minimum atomic E-state index is -3.80. The summed E-state index contributed by atoms with van der Waals surface area (Å²) in [5, 5.41) is 7.10. The third-order valence-corrected chi connectivity index (χ3v) is 6.80. The van der Waals surface area contributed by atoms with Gasteiger partial charge in [-0.05, 0) is 31.0 Å². The van der Waals surface area contributed by atoms with Crippen molar-refractivity contribution in [3.63, 3.8) is 0 Å². The molecule has 156 valence electrons. The lowest BCUT2D eigenvalue weighted by Crippen LogP contribution is -2.57. The lowest BCUT2D eigenvalue weighted by Gasteiger charge is -2.36. The van der Waals surface area contributed by atoms with Crippen LogP contribution in [0.15, 0.2) is 24.4 Å². The van der Waals surface area contributed by atoms with Crippen LogP contribution in [-0.2, 0) is 28.6 Å². The van der Waals surface area contributed by atoms with Gasteiger partial charge in [0.1, 0.15) is 6.04 Å². The molecule has 1 aromatic heterocycles. The van der Waals surface area contributed by atoms with Crippen LogP contribution in [0.4, 0.5) is 0 Å².